The molecule has 3 heteroatoms. The highest BCUT2D eigenvalue weighted by atomic mass is 32.2. The third-order valence-electron chi connectivity index (χ3n) is 2.22. The maximum atomic E-state index is 5.14. The van der Waals surface area contributed by atoms with Crippen molar-refractivity contribution in [2.75, 3.05) is 20.3 Å². The van der Waals surface area contributed by atoms with Crippen molar-refractivity contribution in [2.45, 2.75) is 30.5 Å². The number of hydrogen-bond donors (Lipinski definition) is 1. The first-order chi connectivity index (χ1) is 7.76. The zero-order valence-electron chi connectivity index (χ0n) is 10.3. The van der Waals surface area contributed by atoms with E-state index in [-0.39, 0.29) is 0 Å². The number of hydrogen-bond acceptors (Lipinski definition) is 3. The first-order valence-corrected chi connectivity index (χ1v) is 6.59. The van der Waals surface area contributed by atoms with Crippen molar-refractivity contribution in [1.29, 1.82) is 0 Å². The summed E-state index contributed by atoms with van der Waals surface area (Å²) in [5.74, 6) is 0. The van der Waals surface area contributed by atoms with E-state index in [0.29, 0.717) is 5.25 Å². The molecule has 2 nitrogen and oxygen atoms in total. The standard InChI is InChI=1S/C13H21NOS/c1-4-14-9-12-6-5-7-13(8-12)16-11(2)10-15-3/h5-8,11,14H,4,9-10H2,1-3H3. The molecule has 0 heterocycles. The highest BCUT2D eigenvalue weighted by molar-refractivity contribution is 8.00. The summed E-state index contributed by atoms with van der Waals surface area (Å²) in [6, 6.07) is 8.69. The fraction of sp³-hybridized carbons (Fsp3) is 0.538. The third kappa shape index (κ3) is 5.01. The van der Waals surface area contributed by atoms with Crippen molar-refractivity contribution in [3.8, 4) is 0 Å². The predicted molar refractivity (Wildman–Crippen MR) is 71.0 cm³/mol. The topological polar surface area (TPSA) is 21.3 Å². The second-order valence-corrected chi connectivity index (χ2v) is 5.32. The molecule has 0 aliphatic rings. The van der Waals surface area contributed by atoms with E-state index in [0.717, 1.165) is 19.7 Å². The van der Waals surface area contributed by atoms with Crippen molar-refractivity contribution >= 4 is 11.8 Å². The molecular weight excluding hydrogens is 218 g/mol. The van der Waals surface area contributed by atoms with Gasteiger partial charge in [0.15, 0.2) is 0 Å². The highest BCUT2D eigenvalue weighted by Crippen LogP contribution is 2.24. The lowest BCUT2D eigenvalue weighted by Crippen LogP contribution is -2.11. The van der Waals surface area contributed by atoms with Crippen LogP contribution in [-0.2, 0) is 11.3 Å². The third-order valence-corrected chi connectivity index (χ3v) is 3.28. The van der Waals surface area contributed by atoms with Crippen LogP contribution in [0.1, 0.15) is 19.4 Å². The smallest absolute Gasteiger partial charge is 0.0582 e. The van der Waals surface area contributed by atoms with Crippen molar-refractivity contribution in [3.05, 3.63) is 29.8 Å². The molecule has 0 saturated carbocycles. The monoisotopic (exact) mass is 239 g/mol. The van der Waals surface area contributed by atoms with E-state index < -0.39 is 0 Å². The molecule has 0 aromatic heterocycles. The average molecular weight is 239 g/mol. The molecule has 1 atom stereocenters. The molecule has 0 amide bonds. The maximum Gasteiger partial charge on any atom is 0.0582 e. The Morgan fingerprint density at radius 2 is 2.25 bits per heavy atom. The molecule has 0 aliphatic heterocycles. The molecule has 0 fully saturated rings. The molecule has 16 heavy (non-hydrogen) atoms. The van der Waals surface area contributed by atoms with Gasteiger partial charge in [0.25, 0.3) is 0 Å². The molecule has 0 aliphatic carbocycles. The Morgan fingerprint density at radius 3 is 2.94 bits per heavy atom. The van der Waals surface area contributed by atoms with Crippen LogP contribution in [0, 0.1) is 0 Å². The largest absolute Gasteiger partial charge is 0.384 e. The Bertz CT molecular complexity index is 304. The average Bonchev–Trinajstić information content (AvgIpc) is 2.27. The maximum absolute atomic E-state index is 5.14. The van der Waals surface area contributed by atoms with E-state index in [4.69, 9.17) is 4.74 Å². The summed E-state index contributed by atoms with van der Waals surface area (Å²) < 4.78 is 5.14. The first kappa shape index (κ1) is 13.6. The van der Waals surface area contributed by atoms with Crippen molar-refractivity contribution in [3.63, 3.8) is 0 Å². The van der Waals surface area contributed by atoms with Gasteiger partial charge in [-0.25, -0.2) is 0 Å². The molecule has 90 valence electrons. The van der Waals surface area contributed by atoms with E-state index >= 15 is 0 Å². The Hall–Kier alpha value is -0.510. The van der Waals surface area contributed by atoms with Crippen molar-refractivity contribution in [1.82, 2.24) is 5.32 Å². The molecule has 0 radical (unpaired) electrons. The van der Waals surface area contributed by atoms with Gasteiger partial charge >= 0.3 is 0 Å². The van der Waals surface area contributed by atoms with Gasteiger partial charge in [0.1, 0.15) is 0 Å². The van der Waals surface area contributed by atoms with Gasteiger partial charge in [-0.1, -0.05) is 26.0 Å². The summed E-state index contributed by atoms with van der Waals surface area (Å²) in [7, 11) is 1.75. The zero-order valence-corrected chi connectivity index (χ0v) is 11.1. The summed E-state index contributed by atoms with van der Waals surface area (Å²) in [5, 5.41) is 3.84. The molecule has 1 rings (SSSR count). The second-order valence-electron chi connectivity index (χ2n) is 3.81. The molecule has 0 spiro atoms. The fourth-order valence-electron chi connectivity index (χ4n) is 1.50. The number of rotatable bonds is 7. The number of thioether (sulfide) groups is 1. The lowest BCUT2D eigenvalue weighted by atomic mass is 10.2. The van der Waals surface area contributed by atoms with Crippen LogP contribution in [-0.4, -0.2) is 25.5 Å². The highest BCUT2D eigenvalue weighted by Gasteiger charge is 2.04. The van der Waals surface area contributed by atoms with E-state index in [1.807, 2.05) is 11.8 Å². The van der Waals surface area contributed by atoms with E-state index in [9.17, 15) is 0 Å². The Balaban J connectivity index is 2.52. The van der Waals surface area contributed by atoms with Crippen molar-refractivity contribution < 1.29 is 4.74 Å². The molecule has 1 N–H and O–H groups in total. The Morgan fingerprint density at radius 1 is 1.44 bits per heavy atom. The molecule has 1 unspecified atom stereocenters. The van der Waals surface area contributed by atoms with E-state index in [1.54, 1.807) is 7.11 Å². The van der Waals surface area contributed by atoms with Gasteiger partial charge in [-0.2, -0.15) is 0 Å². The Kier molecular flexibility index (Phi) is 6.53. The van der Waals surface area contributed by atoms with Gasteiger partial charge < -0.3 is 10.1 Å². The SMILES string of the molecule is CCNCc1cccc(SC(C)COC)c1. The van der Waals surface area contributed by atoms with Crippen LogP contribution in [0.2, 0.25) is 0 Å². The summed E-state index contributed by atoms with van der Waals surface area (Å²) in [5.41, 5.74) is 1.34. The molecule has 1 aromatic rings. The van der Waals surface area contributed by atoms with Crippen LogP contribution in [0.3, 0.4) is 0 Å². The van der Waals surface area contributed by atoms with Crippen LogP contribution in [0.5, 0.6) is 0 Å². The molecular formula is C13H21NOS. The lowest BCUT2D eigenvalue weighted by Gasteiger charge is -2.11. The van der Waals surface area contributed by atoms with Gasteiger partial charge in [-0.05, 0) is 24.2 Å². The van der Waals surface area contributed by atoms with Crippen LogP contribution >= 0.6 is 11.8 Å². The predicted octanol–water partition coefficient (Wildman–Crippen LogP) is 2.92. The Labute approximate surface area is 103 Å². The molecule has 1 aromatic carbocycles. The number of methoxy groups -OCH3 is 1. The van der Waals surface area contributed by atoms with E-state index in [2.05, 4.69) is 43.4 Å². The van der Waals surface area contributed by atoms with Crippen LogP contribution in [0.25, 0.3) is 0 Å². The van der Waals surface area contributed by atoms with Gasteiger partial charge in [-0.15, -0.1) is 11.8 Å². The number of nitrogens with one attached hydrogen (secondary N) is 1. The summed E-state index contributed by atoms with van der Waals surface area (Å²) >= 11 is 1.86. The van der Waals surface area contributed by atoms with E-state index in [1.165, 1.54) is 10.5 Å². The second kappa shape index (κ2) is 7.71. The minimum atomic E-state index is 0.499. The first-order valence-electron chi connectivity index (χ1n) is 5.71. The van der Waals surface area contributed by atoms with Crippen LogP contribution in [0.4, 0.5) is 0 Å². The fourth-order valence-corrected chi connectivity index (χ4v) is 2.54. The minimum Gasteiger partial charge on any atom is -0.384 e. The summed E-state index contributed by atoms with van der Waals surface area (Å²) in [6.45, 7) is 7.06. The van der Waals surface area contributed by atoms with Gasteiger partial charge in [0.05, 0.1) is 6.61 Å². The zero-order chi connectivity index (χ0) is 11.8. The summed E-state index contributed by atoms with van der Waals surface area (Å²) in [4.78, 5) is 1.32. The minimum absolute atomic E-state index is 0.499. The number of ether oxygens (including phenoxy) is 1. The van der Waals surface area contributed by atoms with Crippen molar-refractivity contribution in [2.24, 2.45) is 0 Å². The van der Waals surface area contributed by atoms with Gasteiger partial charge in [0.2, 0.25) is 0 Å². The van der Waals surface area contributed by atoms with Gasteiger partial charge in [0, 0.05) is 23.8 Å². The molecule has 0 saturated heterocycles. The number of benzene rings is 1. The summed E-state index contributed by atoms with van der Waals surface area (Å²) in [6.07, 6.45) is 0. The van der Waals surface area contributed by atoms with Crippen LogP contribution < -0.4 is 5.32 Å². The molecule has 0 bridgehead atoms. The van der Waals surface area contributed by atoms with Crippen LogP contribution in [0.15, 0.2) is 29.2 Å². The quantitative estimate of drug-likeness (QED) is 0.739. The lowest BCUT2D eigenvalue weighted by molar-refractivity contribution is 0.203. The van der Waals surface area contributed by atoms with Gasteiger partial charge in [-0.3, -0.25) is 0 Å². The normalized spacial score (nSPS) is 12.7.